The maximum atomic E-state index is 12.4. The molecule has 116 valence electrons. The summed E-state index contributed by atoms with van der Waals surface area (Å²) in [6.07, 6.45) is 2.48. The van der Waals surface area contributed by atoms with E-state index in [0.717, 1.165) is 12.1 Å². The van der Waals surface area contributed by atoms with Crippen molar-refractivity contribution in [2.75, 3.05) is 13.6 Å². The summed E-state index contributed by atoms with van der Waals surface area (Å²) >= 11 is 0. The van der Waals surface area contributed by atoms with Gasteiger partial charge in [-0.05, 0) is 41.8 Å². The van der Waals surface area contributed by atoms with Gasteiger partial charge in [0.1, 0.15) is 0 Å². The molecule has 0 aliphatic heterocycles. The summed E-state index contributed by atoms with van der Waals surface area (Å²) in [5, 5.41) is 2.49. The summed E-state index contributed by atoms with van der Waals surface area (Å²) in [6.45, 7) is 2.60. The minimum Gasteiger partial charge on any atom is -0.341 e. The molecule has 0 bridgehead atoms. The van der Waals surface area contributed by atoms with Gasteiger partial charge in [-0.3, -0.25) is 9.78 Å². The molecule has 0 unspecified atom stereocenters. The van der Waals surface area contributed by atoms with Gasteiger partial charge in [0.15, 0.2) is 0 Å². The second kappa shape index (κ2) is 6.61. The Morgan fingerprint density at radius 1 is 1.04 bits per heavy atom. The number of rotatable bonds is 4. The predicted octanol–water partition coefficient (Wildman–Crippen LogP) is 3.86. The molecule has 3 aromatic rings. The molecule has 0 saturated carbocycles. The molecule has 3 rings (SSSR count). The zero-order valence-corrected chi connectivity index (χ0v) is 13.5. The van der Waals surface area contributed by atoms with Crippen LogP contribution < -0.4 is 0 Å². The van der Waals surface area contributed by atoms with Gasteiger partial charge in [0, 0.05) is 25.5 Å². The van der Waals surface area contributed by atoms with Gasteiger partial charge in [0.05, 0.1) is 5.56 Å². The van der Waals surface area contributed by atoms with Gasteiger partial charge in [0.25, 0.3) is 5.91 Å². The maximum Gasteiger partial charge on any atom is 0.255 e. The van der Waals surface area contributed by atoms with Crippen LogP contribution in [0.3, 0.4) is 0 Å². The summed E-state index contributed by atoms with van der Waals surface area (Å²) in [5.41, 5.74) is 2.82. The van der Waals surface area contributed by atoms with Crippen LogP contribution in [0.4, 0.5) is 0 Å². The number of aromatic nitrogens is 1. The lowest BCUT2D eigenvalue weighted by molar-refractivity contribution is 0.0796. The van der Waals surface area contributed by atoms with E-state index in [9.17, 15) is 4.79 Å². The highest BCUT2D eigenvalue weighted by Crippen LogP contribution is 2.19. The molecule has 0 fully saturated rings. The fourth-order valence-electron chi connectivity index (χ4n) is 2.71. The van der Waals surface area contributed by atoms with E-state index in [1.165, 1.54) is 16.3 Å². The monoisotopic (exact) mass is 304 g/mol. The number of likely N-dealkylation sites (N-methyl/N-ethyl adjacent to an activating group) is 1. The second-order valence-corrected chi connectivity index (χ2v) is 5.80. The standard InChI is InChI=1S/C20H20N2O/c1-15-10-11-18(14-21-15)20(23)22(2)13-12-17-8-5-7-16-6-3-4-9-19(16)17/h3-11,14H,12-13H2,1-2H3. The fourth-order valence-corrected chi connectivity index (χ4v) is 2.71. The molecule has 0 spiro atoms. The Morgan fingerprint density at radius 2 is 1.83 bits per heavy atom. The first kappa shape index (κ1) is 15.2. The van der Waals surface area contributed by atoms with Gasteiger partial charge in [-0.15, -0.1) is 0 Å². The Balaban J connectivity index is 1.72. The van der Waals surface area contributed by atoms with Crippen LogP contribution >= 0.6 is 0 Å². The van der Waals surface area contributed by atoms with E-state index in [1.807, 2.05) is 32.2 Å². The van der Waals surface area contributed by atoms with Crippen molar-refractivity contribution < 1.29 is 4.79 Å². The molecule has 3 heteroatoms. The van der Waals surface area contributed by atoms with Crippen molar-refractivity contribution >= 4 is 16.7 Å². The molecular formula is C20H20N2O. The zero-order chi connectivity index (χ0) is 16.2. The number of fused-ring (bicyclic) bond motifs is 1. The fraction of sp³-hybridized carbons (Fsp3) is 0.200. The van der Waals surface area contributed by atoms with Gasteiger partial charge < -0.3 is 4.90 Å². The average molecular weight is 304 g/mol. The Labute approximate surface area is 136 Å². The van der Waals surface area contributed by atoms with E-state index < -0.39 is 0 Å². The van der Waals surface area contributed by atoms with E-state index in [2.05, 4.69) is 41.4 Å². The molecule has 0 atom stereocenters. The topological polar surface area (TPSA) is 33.2 Å². The number of amides is 1. The maximum absolute atomic E-state index is 12.4. The number of pyridine rings is 1. The minimum absolute atomic E-state index is 0.0118. The molecule has 0 aliphatic carbocycles. The third kappa shape index (κ3) is 3.39. The van der Waals surface area contributed by atoms with Crippen LogP contribution in [0, 0.1) is 6.92 Å². The molecule has 2 aromatic carbocycles. The van der Waals surface area contributed by atoms with Crippen molar-refractivity contribution in [1.29, 1.82) is 0 Å². The van der Waals surface area contributed by atoms with E-state index in [-0.39, 0.29) is 5.91 Å². The van der Waals surface area contributed by atoms with E-state index in [0.29, 0.717) is 12.1 Å². The van der Waals surface area contributed by atoms with Gasteiger partial charge in [0.2, 0.25) is 0 Å². The number of aryl methyl sites for hydroxylation is 1. The van der Waals surface area contributed by atoms with Gasteiger partial charge in [-0.2, -0.15) is 0 Å². The largest absolute Gasteiger partial charge is 0.341 e. The Hall–Kier alpha value is -2.68. The lowest BCUT2D eigenvalue weighted by atomic mass is 10.0. The molecule has 1 amide bonds. The van der Waals surface area contributed by atoms with Crippen LogP contribution in [0.15, 0.2) is 60.8 Å². The van der Waals surface area contributed by atoms with Crippen molar-refractivity contribution in [3.63, 3.8) is 0 Å². The summed E-state index contributed by atoms with van der Waals surface area (Å²) < 4.78 is 0. The van der Waals surface area contributed by atoms with Crippen LogP contribution in [0.25, 0.3) is 10.8 Å². The van der Waals surface area contributed by atoms with Gasteiger partial charge in [-0.25, -0.2) is 0 Å². The lowest BCUT2D eigenvalue weighted by Crippen LogP contribution is -2.29. The zero-order valence-electron chi connectivity index (χ0n) is 13.5. The lowest BCUT2D eigenvalue weighted by Gasteiger charge is -2.17. The molecule has 1 heterocycles. The number of benzene rings is 2. The molecule has 0 radical (unpaired) electrons. The normalized spacial score (nSPS) is 10.7. The summed E-state index contributed by atoms with van der Waals surface area (Å²) in [6, 6.07) is 18.4. The van der Waals surface area contributed by atoms with Crippen LogP contribution in [0.1, 0.15) is 21.6 Å². The van der Waals surface area contributed by atoms with Gasteiger partial charge >= 0.3 is 0 Å². The molecule has 1 aromatic heterocycles. The Kier molecular flexibility index (Phi) is 4.38. The SMILES string of the molecule is Cc1ccc(C(=O)N(C)CCc2cccc3ccccc23)cn1. The van der Waals surface area contributed by atoms with Crippen molar-refractivity contribution in [1.82, 2.24) is 9.88 Å². The molecule has 0 aliphatic rings. The van der Waals surface area contributed by atoms with Crippen LogP contribution in [-0.4, -0.2) is 29.4 Å². The number of nitrogens with zero attached hydrogens (tertiary/aromatic N) is 2. The third-order valence-corrected chi connectivity index (χ3v) is 4.10. The first-order chi connectivity index (χ1) is 11.1. The van der Waals surface area contributed by atoms with Gasteiger partial charge in [-0.1, -0.05) is 42.5 Å². The second-order valence-electron chi connectivity index (χ2n) is 5.80. The predicted molar refractivity (Wildman–Crippen MR) is 93.6 cm³/mol. The molecule has 0 saturated heterocycles. The average Bonchev–Trinajstić information content (AvgIpc) is 2.59. The Bertz CT molecular complexity index is 819. The Morgan fingerprint density at radius 3 is 2.61 bits per heavy atom. The number of carbonyl (C=O) groups excluding carboxylic acids is 1. The van der Waals surface area contributed by atoms with Crippen molar-refractivity contribution in [3.8, 4) is 0 Å². The first-order valence-corrected chi connectivity index (χ1v) is 7.80. The third-order valence-electron chi connectivity index (χ3n) is 4.10. The smallest absolute Gasteiger partial charge is 0.255 e. The summed E-state index contributed by atoms with van der Waals surface area (Å²) in [7, 11) is 1.84. The number of hydrogen-bond acceptors (Lipinski definition) is 2. The molecule has 23 heavy (non-hydrogen) atoms. The molecular weight excluding hydrogens is 284 g/mol. The van der Waals surface area contributed by atoms with Crippen molar-refractivity contribution in [2.24, 2.45) is 0 Å². The summed E-state index contributed by atoms with van der Waals surface area (Å²) in [4.78, 5) is 18.4. The highest BCUT2D eigenvalue weighted by Gasteiger charge is 2.12. The number of carbonyl (C=O) groups is 1. The van der Waals surface area contributed by atoms with Crippen LogP contribution in [0.2, 0.25) is 0 Å². The minimum atomic E-state index is 0.0118. The summed E-state index contributed by atoms with van der Waals surface area (Å²) in [5.74, 6) is 0.0118. The first-order valence-electron chi connectivity index (χ1n) is 7.80. The molecule has 3 nitrogen and oxygen atoms in total. The van der Waals surface area contributed by atoms with Crippen LogP contribution in [-0.2, 0) is 6.42 Å². The van der Waals surface area contributed by atoms with Crippen LogP contribution in [0.5, 0.6) is 0 Å². The van der Waals surface area contributed by atoms with Crippen molar-refractivity contribution in [2.45, 2.75) is 13.3 Å². The van der Waals surface area contributed by atoms with Crippen molar-refractivity contribution in [3.05, 3.63) is 77.6 Å². The highest BCUT2D eigenvalue weighted by atomic mass is 16.2. The van der Waals surface area contributed by atoms with E-state index >= 15 is 0 Å². The molecule has 0 N–H and O–H groups in total. The van der Waals surface area contributed by atoms with E-state index in [1.54, 1.807) is 11.1 Å². The highest BCUT2D eigenvalue weighted by molar-refractivity contribution is 5.93. The quantitative estimate of drug-likeness (QED) is 0.733. The number of hydrogen-bond donors (Lipinski definition) is 0. The van der Waals surface area contributed by atoms with E-state index in [4.69, 9.17) is 0 Å².